The lowest BCUT2D eigenvalue weighted by atomic mass is 10.1. The Labute approximate surface area is 191 Å². The number of carbonyl (C=O) groups is 1. The second-order valence-corrected chi connectivity index (χ2v) is 9.69. The largest absolute Gasteiger partial charge is 0.494 e. The van der Waals surface area contributed by atoms with Gasteiger partial charge in [-0.3, -0.25) is 4.79 Å². The molecule has 6 heteroatoms. The van der Waals surface area contributed by atoms with Crippen LogP contribution < -0.4 is 9.64 Å². The predicted molar refractivity (Wildman–Crippen MR) is 130 cm³/mol. The molecule has 0 aliphatic carbocycles. The summed E-state index contributed by atoms with van der Waals surface area (Å²) in [4.78, 5) is 20.9. The molecule has 0 saturated carbocycles. The predicted octanol–water partition coefficient (Wildman–Crippen LogP) is 4.54. The average molecular weight is 442 g/mol. The second-order valence-electron chi connectivity index (χ2n) is 8.54. The number of unbranched alkanes of at least 4 members (excludes halogenated alkanes) is 1. The summed E-state index contributed by atoms with van der Waals surface area (Å²) in [6.45, 7) is 3.50. The van der Waals surface area contributed by atoms with Crippen LogP contribution in [0.5, 0.6) is 5.75 Å². The highest BCUT2D eigenvalue weighted by Gasteiger charge is 2.34. The van der Waals surface area contributed by atoms with Crippen LogP contribution >= 0.6 is 11.8 Å². The number of nitrogens with zero attached hydrogens (tertiary/aromatic N) is 3. The number of ether oxygens (including phenoxy) is 1. The molecule has 0 saturated heterocycles. The Balaban J connectivity index is 1.65. The molecule has 1 aliphatic rings. The Bertz CT molecular complexity index is 839. The first-order valence-electron chi connectivity index (χ1n) is 11.0. The molecule has 0 aromatic heterocycles. The van der Waals surface area contributed by atoms with Crippen LogP contribution in [0.2, 0.25) is 0 Å². The Morgan fingerprint density at radius 3 is 2.29 bits per heavy atom. The Hall–Kier alpha value is -2.02. The number of para-hydroxylation sites is 1. The van der Waals surface area contributed by atoms with Gasteiger partial charge in [0.2, 0.25) is 5.91 Å². The molecule has 31 heavy (non-hydrogen) atoms. The Kier molecular flexibility index (Phi) is 8.81. The van der Waals surface area contributed by atoms with Crippen molar-refractivity contribution in [3.8, 4) is 5.75 Å². The topological polar surface area (TPSA) is 36.0 Å². The van der Waals surface area contributed by atoms with Crippen molar-refractivity contribution in [1.29, 1.82) is 0 Å². The van der Waals surface area contributed by atoms with Gasteiger partial charge in [-0.05, 0) is 90.4 Å². The highest BCUT2D eigenvalue weighted by Crippen LogP contribution is 2.46. The molecule has 1 unspecified atom stereocenters. The number of thioether (sulfide) groups is 1. The molecule has 5 nitrogen and oxygen atoms in total. The van der Waals surface area contributed by atoms with Gasteiger partial charge in [-0.25, -0.2) is 0 Å². The highest BCUT2D eigenvalue weighted by atomic mass is 32.2. The van der Waals surface area contributed by atoms with E-state index in [9.17, 15) is 4.79 Å². The van der Waals surface area contributed by atoms with Gasteiger partial charge in [0.25, 0.3) is 0 Å². The SMILES string of the molecule is CN(C)CCCCOc1ccc(C2Sc3ccccc3N(CCCN(C)C)C2=O)cc1. The molecule has 168 valence electrons. The summed E-state index contributed by atoms with van der Waals surface area (Å²) in [5, 5.41) is -0.219. The van der Waals surface area contributed by atoms with E-state index in [0.29, 0.717) is 0 Å². The smallest absolute Gasteiger partial charge is 0.245 e. The molecule has 0 spiro atoms. The quantitative estimate of drug-likeness (QED) is 0.479. The number of benzene rings is 2. The van der Waals surface area contributed by atoms with Gasteiger partial charge in [-0.1, -0.05) is 24.3 Å². The van der Waals surface area contributed by atoms with E-state index in [-0.39, 0.29) is 11.2 Å². The fourth-order valence-electron chi connectivity index (χ4n) is 3.66. The van der Waals surface area contributed by atoms with Crippen molar-refractivity contribution in [3.05, 3.63) is 54.1 Å². The van der Waals surface area contributed by atoms with E-state index < -0.39 is 0 Å². The van der Waals surface area contributed by atoms with Crippen molar-refractivity contribution in [2.75, 3.05) is 59.3 Å². The number of anilines is 1. The minimum Gasteiger partial charge on any atom is -0.494 e. The molecule has 2 aromatic rings. The lowest BCUT2D eigenvalue weighted by Crippen LogP contribution is -2.38. The zero-order valence-electron chi connectivity index (χ0n) is 19.2. The van der Waals surface area contributed by atoms with Crippen molar-refractivity contribution < 1.29 is 9.53 Å². The third-order valence-electron chi connectivity index (χ3n) is 5.33. The van der Waals surface area contributed by atoms with Crippen molar-refractivity contribution in [1.82, 2.24) is 9.80 Å². The monoisotopic (exact) mass is 441 g/mol. The molecule has 0 bridgehead atoms. The molecular formula is C25H35N3O2S. The van der Waals surface area contributed by atoms with E-state index in [0.717, 1.165) is 67.4 Å². The van der Waals surface area contributed by atoms with Crippen LogP contribution in [0.3, 0.4) is 0 Å². The summed E-state index contributed by atoms with van der Waals surface area (Å²) in [5.41, 5.74) is 2.06. The van der Waals surface area contributed by atoms with Gasteiger partial charge >= 0.3 is 0 Å². The van der Waals surface area contributed by atoms with Gasteiger partial charge in [0.05, 0.1) is 12.3 Å². The lowest BCUT2D eigenvalue weighted by Gasteiger charge is -2.34. The van der Waals surface area contributed by atoms with E-state index in [1.165, 1.54) is 0 Å². The molecule has 0 fully saturated rings. The summed E-state index contributed by atoms with van der Waals surface area (Å²) in [7, 11) is 8.31. The number of amides is 1. The Morgan fingerprint density at radius 2 is 1.58 bits per heavy atom. The molecule has 2 aromatic carbocycles. The second kappa shape index (κ2) is 11.6. The summed E-state index contributed by atoms with van der Waals surface area (Å²) in [5.74, 6) is 1.03. The highest BCUT2D eigenvalue weighted by molar-refractivity contribution is 8.00. The van der Waals surface area contributed by atoms with Crippen LogP contribution in [0.25, 0.3) is 0 Å². The number of rotatable bonds is 11. The van der Waals surface area contributed by atoms with Gasteiger partial charge in [0, 0.05) is 11.4 Å². The van der Waals surface area contributed by atoms with E-state index in [4.69, 9.17) is 4.74 Å². The maximum Gasteiger partial charge on any atom is 0.245 e. The molecule has 1 atom stereocenters. The van der Waals surface area contributed by atoms with Crippen LogP contribution in [-0.4, -0.2) is 70.1 Å². The van der Waals surface area contributed by atoms with Gasteiger partial charge in [0.15, 0.2) is 0 Å². The molecule has 3 rings (SSSR count). The van der Waals surface area contributed by atoms with Gasteiger partial charge < -0.3 is 19.4 Å². The minimum atomic E-state index is -0.219. The molecule has 1 aliphatic heterocycles. The third kappa shape index (κ3) is 6.73. The first-order chi connectivity index (χ1) is 15.0. The molecule has 1 heterocycles. The minimum absolute atomic E-state index is 0.166. The number of hydrogen-bond acceptors (Lipinski definition) is 5. The summed E-state index contributed by atoms with van der Waals surface area (Å²) in [6, 6.07) is 16.3. The standard InChI is InChI=1S/C25H35N3O2S/c1-26(2)16-7-8-19-30-21-14-12-20(13-15-21)24-25(29)28(18-9-17-27(3)4)22-10-5-6-11-23(22)31-24/h5-6,10-15,24H,7-9,16-19H2,1-4H3. The van der Waals surface area contributed by atoms with Crippen LogP contribution in [-0.2, 0) is 4.79 Å². The van der Waals surface area contributed by atoms with E-state index in [1.54, 1.807) is 11.8 Å². The van der Waals surface area contributed by atoms with Crippen molar-refractivity contribution in [2.45, 2.75) is 29.4 Å². The fourth-order valence-corrected chi connectivity index (χ4v) is 4.89. The number of hydrogen-bond donors (Lipinski definition) is 0. The van der Waals surface area contributed by atoms with Crippen LogP contribution in [0.15, 0.2) is 53.4 Å². The van der Waals surface area contributed by atoms with Crippen molar-refractivity contribution in [3.63, 3.8) is 0 Å². The first kappa shape index (κ1) is 23.6. The third-order valence-corrected chi connectivity index (χ3v) is 6.64. The lowest BCUT2D eigenvalue weighted by molar-refractivity contribution is -0.118. The first-order valence-corrected chi connectivity index (χ1v) is 11.9. The summed E-state index contributed by atoms with van der Waals surface area (Å²) >= 11 is 1.65. The fraction of sp³-hybridized carbons (Fsp3) is 0.480. The van der Waals surface area contributed by atoms with E-state index in [1.807, 2.05) is 41.3 Å². The van der Waals surface area contributed by atoms with Crippen LogP contribution in [0.4, 0.5) is 5.69 Å². The van der Waals surface area contributed by atoms with Crippen molar-refractivity contribution >= 4 is 23.4 Å². The van der Waals surface area contributed by atoms with Crippen molar-refractivity contribution in [2.24, 2.45) is 0 Å². The molecular weight excluding hydrogens is 406 g/mol. The molecule has 0 N–H and O–H groups in total. The van der Waals surface area contributed by atoms with Crippen LogP contribution in [0.1, 0.15) is 30.1 Å². The van der Waals surface area contributed by atoms with Crippen LogP contribution in [0, 0.1) is 0 Å². The maximum absolute atomic E-state index is 13.4. The van der Waals surface area contributed by atoms with Gasteiger partial charge in [-0.15, -0.1) is 11.8 Å². The average Bonchev–Trinajstić information content (AvgIpc) is 2.75. The Morgan fingerprint density at radius 1 is 0.903 bits per heavy atom. The van der Waals surface area contributed by atoms with E-state index in [2.05, 4.69) is 50.1 Å². The zero-order valence-corrected chi connectivity index (χ0v) is 20.0. The molecule has 1 amide bonds. The summed E-state index contributed by atoms with van der Waals surface area (Å²) in [6.07, 6.45) is 3.11. The maximum atomic E-state index is 13.4. The summed E-state index contributed by atoms with van der Waals surface area (Å²) < 4.78 is 5.88. The normalized spacial score (nSPS) is 16.1. The number of fused-ring (bicyclic) bond motifs is 1. The van der Waals surface area contributed by atoms with Gasteiger partial charge in [-0.2, -0.15) is 0 Å². The van der Waals surface area contributed by atoms with E-state index >= 15 is 0 Å². The van der Waals surface area contributed by atoms with Gasteiger partial charge in [0.1, 0.15) is 11.0 Å². The number of carbonyl (C=O) groups excluding carboxylic acids is 1. The zero-order chi connectivity index (χ0) is 22.2. The molecule has 0 radical (unpaired) electrons.